The molecular weight excluding hydrogens is 289 g/mol. The number of nitrogens with one attached hydrogen (secondary N) is 1. The highest BCUT2D eigenvalue weighted by atomic mass is 79.9. The highest BCUT2D eigenvalue weighted by molar-refractivity contribution is 9.10. The van der Waals surface area contributed by atoms with Crippen LogP contribution in [0.15, 0.2) is 22.7 Å². The second kappa shape index (κ2) is 8.07. The molecule has 0 bridgehead atoms. The fraction of sp³-hybridized carbons (Fsp3) is 0.500. The van der Waals surface area contributed by atoms with Gasteiger partial charge in [-0.3, -0.25) is 0 Å². The number of hydrogen-bond acceptors (Lipinski definition) is 2. The number of hydrogen-bond donors (Lipinski definition) is 1. The van der Waals surface area contributed by atoms with E-state index in [0.717, 1.165) is 42.2 Å². The Kier molecular flexibility index (Phi) is 7.05. The smallest absolute Gasteiger partial charge is 0.0477 e. The van der Waals surface area contributed by atoms with Crippen LogP contribution < -0.4 is 5.32 Å². The number of halogens is 2. The summed E-state index contributed by atoms with van der Waals surface area (Å²) >= 11 is 9.36. The summed E-state index contributed by atoms with van der Waals surface area (Å²) in [6.07, 6.45) is 1.04. The summed E-state index contributed by atoms with van der Waals surface area (Å²) in [6, 6.07) is 5.85. The van der Waals surface area contributed by atoms with Crippen LogP contribution in [0.3, 0.4) is 0 Å². The molecule has 0 unspecified atom stereocenters. The van der Waals surface area contributed by atoms with Gasteiger partial charge in [-0.25, -0.2) is 0 Å². The molecule has 4 heteroatoms. The lowest BCUT2D eigenvalue weighted by molar-refractivity contribution is 0.144. The molecule has 1 aromatic carbocycles. The number of ether oxygens (including phenoxy) is 1. The Balaban J connectivity index is 2.21. The van der Waals surface area contributed by atoms with Crippen molar-refractivity contribution in [2.24, 2.45) is 0 Å². The van der Waals surface area contributed by atoms with Crippen molar-refractivity contribution in [1.82, 2.24) is 5.32 Å². The maximum Gasteiger partial charge on any atom is 0.0477 e. The molecule has 0 radical (unpaired) electrons. The summed E-state index contributed by atoms with van der Waals surface area (Å²) in [6.45, 7) is 5.45. The third-order valence-electron chi connectivity index (χ3n) is 2.18. The monoisotopic (exact) mass is 305 g/mol. The van der Waals surface area contributed by atoms with E-state index in [0.29, 0.717) is 0 Å². The molecule has 90 valence electrons. The quantitative estimate of drug-likeness (QED) is 0.777. The lowest BCUT2D eigenvalue weighted by Gasteiger charge is -2.07. The van der Waals surface area contributed by atoms with Gasteiger partial charge in [-0.15, -0.1) is 0 Å². The van der Waals surface area contributed by atoms with Crippen molar-refractivity contribution < 1.29 is 4.74 Å². The van der Waals surface area contributed by atoms with Crippen molar-refractivity contribution in [1.29, 1.82) is 0 Å². The summed E-state index contributed by atoms with van der Waals surface area (Å²) in [7, 11) is 0. The first-order valence-electron chi connectivity index (χ1n) is 5.46. The predicted molar refractivity (Wildman–Crippen MR) is 72.0 cm³/mol. The molecule has 1 rings (SSSR count). The highest BCUT2D eigenvalue weighted by Crippen LogP contribution is 2.21. The molecule has 0 aliphatic heterocycles. The van der Waals surface area contributed by atoms with Gasteiger partial charge in [-0.05, 0) is 37.6 Å². The van der Waals surface area contributed by atoms with Crippen LogP contribution in [0.5, 0.6) is 0 Å². The fourth-order valence-electron chi connectivity index (χ4n) is 1.33. The Labute approximate surface area is 110 Å². The molecule has 0 aliphatic carbocycles. The van der Waals surface area contributed by atoms with Crippen LogP contribution in [0.2, 0.25) is 5.02 Å². The van der Waals surface area contributed by atoms with E-state index in [1.165, 1.54) is 5.56 Å². The van der Waals surface area contributed by atoms with E-state index in [-0.39, 0.29) is 0 Å². The second-order valence-corrected chi connectivity index (χ2v) is 4.75. The summed E-state index contributed by atoms with van der Waals surface area (Å²) in [5, 5.41) is 4.12. The molecule has 0 amide bonds. The predicted octanol–water partition coefficient (Wildman–Crippen LogP) is 3.62. The highest BCUT2D eigenvalue weighted by Gasteiger charge is 1.99. The van der Waals surface area contributed by atoms with Crippen LogP contribution in [0.4, 0.5) is 0 Å². The summed E-state index contributed by atoms with van der Waals surface area (Å²) in [5.41, 5.74) is 1.22. The van der Waals surface area contributed by atoms with Crippen molar-refractivity contribution in [2.45, 2.75) is 19.9 Å². The zero-order valence-electron chi connectivity index (χ0n) is 9.43. The van der Waals surface area contributed by atoms with Crippen LogP contribution in [0.1, 0.15) is 18.9 Å². The molecule has 0 atom stereocenters. The fourth-order valence-corrected chi connectivity index (χ4v) is 2.15. The molecule has 0 saturated carbocycles. The largest absolute Gasteiger partial charge is 0.382 e. The Morgan fingerprint density at radius 1 is 1.44 bits per heavy atom. The van der Waals surface area contributed by atoms with Gasteiger partial charge < -0.3 is 10.1 Å². The first kappa shape index (κ1) is 14.0. The van der Waals surface area contributed by atoms with Gasteiger partial charge in [0.2, 0.25) is 0 Å². The standard InChI is InChI=1S/C12H17BrClNO/c1-2-16-7-3-6-15-9-10-4-5-11(14)8-12(10)13/h4-5,8,15H,2-3,6-7,9H2,1H3. The van der Waals surface area contributed by atoms with Gasteiger partial charge in [-0.1, -0.05) is 33.6 Å². The SMILES string of the molecule is CCOCCCNCc1ccc(Cl)cc1Br. The average Bonchev–Trinajstić information content (AvgIpc) is 2.26. The maximum absolute atomic E-state index is 5.87. The minimum absolute atomic E-state index is 0.756. The first-order chi connectivity index (χ1) is 7.74. The molecule has 0 heterocycles. The third kappa shape index (κ3) is 5.30. The zero-order chi connectivity index (χ0) is 11.8. The van der Waals surface area contributed by atoms with Gasteiger partial charge >= 0.3 is 0 Å². The Morgan fingerprint density at radius 3 is 2.94 bits per heavy atom. The van der Waals surface area contributed by atoms with E-state index < -0.39 is 0 Å². The van der Waals surface area contributed by atoms with Crippen LogP contribution >= 0.6 is 27.5 Å². The van der Waals surface area contributed by atoms with E-state index in [9.17, 15) is 0 Å². The van der Waals surface area contributed by atoms with Crippen LogP contribution in [-0.2, 0) is 11.3 Å². The average molecular weight is 307 g/mol. The normalized spacial score (nSPS) is 10.7. The Bertz CT molecular complexity index is 320. The van der Waals surface area contributed by atoms with Gasteiger partial charge in [0.1, 0.15) is 0 Å². The molecular formula is C12H17BrClNO. The van der Waals surface area contributed by atoms with E-state index in [4.69, 9.17) is 16.3 Å². The molecule has 2 nitrogen and oxygen atoms in total. The Hall–Kier alpha value is -0.0900. The van der Waals surface area contributed by atoms with E-state index >= 15 is 0 Å². The van der Waals surface area contributed by atoms with Gasteiger partial charge in [0, 0.05) is 29.3 Å². The molecule has 0 saturated heterocycles. The summed E-state index contributed by atoms with van der Waals surface area (Å²) < 4.78 is 6.31. The summed E-state index contributed by atoms with van der Waals surface area (Å²) in [4.78, 5) is 0. The number of benzene rings is 1. The summed E-state index contributed by atoms with van der Waals surface area (Å²) in [5.74, 6) is 0. The van der Waals surface area contributed by atoms with E-state index in [1.54, 1.807) is 0 Å². The Morgan fingerprint density at radius 2 is 2.25 bits per heavy atom. The van der Waals surface area contributed by atoms with Crippen molar-refractivity contribution in [2.75, 3.05) is 19.8 Å². The van der Waals surface area contributed by atoms with Gasteiger partial charge in [-0.2, -0.15) is 0 Å². The molecule has 0 fully saturated rings. The lowest BCUT2D eigenvalue weighted by Crippen LogP contribution is -2.16. The van der Waals surface area contributed by atoms with Crippen LogP contribution in [0.25, 0.3) is 0 Å². The molecule has 0 aliphatic rings. The lowest BCUT2D eigenvalue weighted by atomic mass is 10.2. The van der Waals surface area contributed by atoms with Crippen LogP contribution in [-0.4, -0.2) is 19.8 Å². The number of rotatable bonds is 7. The van der Waals surface area contributed by atoms with Crippen molar-refractivity contribution in [3.8, 4) is 0 Å². The minimum Gasteiger partial charge on any atom is -0.382 e. The second-order valence-electron chi connectivity index (χ2n) is 3.46. The molecule has 1 N–H and O–H groups in total. The molecule has 16 heavy (non-hydrogen) atoms. The first-order valence-corrected chi connectivity index (χ1v) is 6.63. The molecule has 0 aromatic heterocycles. The maximum atomic E-state index is 5.87. The topological polar surface area (TPSA) is 21.3 Å². The van der Waals surface area contributed by atoms with E-state index in [2.05, 4.69) is 21.2 Å². The minimum atomic E-state index is 0.756. The van der Waals surface area contributed by atoms with Gasteiger partial charge in [0.25, 0.3) is 0 Å². The molecule has 1 aromatic rings. The third-order valence-corrected chi connectivity index (χ3v) is 3.15. The van der Waals surface area contributed by atoms with Crippen LogP contribution in [0, 0.1) is 0 Å². The van der Waals surface area contributed by atoms with Gasteiger partial charge in [0.05, 0.1) is 0 Å². The zero-order valence-corrected chi connectivity index (χ0v) is 11.8. The van der Waals surface area contributed by atoms with E-state index in [1.807, 2.05) is 25.1 Å². The molecule has 0 spiro atoms. The van der Waals surface area contributed by atoms with Crippen molar-refractivity contribution >= 4 is 27.5 Å². The van der Waals surface area contributed by atoms with Crippen molar-refractivity contribution in [3.63, 3.8) is 0 Å². The van der Waals surface area contributed by atoms with Crippen molar-refractivity contribution in [3.05, 3.63) is 33.3 Å². The van der Waals surface area contributed by atoms with Gasteiger partial charge in [0.15, 0.2) is 0 Å².